The van der Waals surface area contributed by atoms with Crippen LogP contribution in [-0.2, 0) is 22.3 Å². The fraction of sp³-hybridized carbons (Fsp3) is 0.300. The molecular formula is C20H20F3NO4. The van der Waals surface area contributed by atoms with Gasteiger partial charge in [-0.2, -0.15) is 13.2 Å². The Morgan fingerprint density at radius 1 is 1.00 bits per heavy atom. The number of carbonyl (C=O) groups is 2. The minimum Gasteiger partial charge on any atom is -0.494 e. The van der Waals surface area contributed by atoms with Gasteiger partial charge in [0.15, 0.2) is 6.61 Å². The minimum absolute atomic E-state index is 0.0602. The summed E-state index contributed by atoms with van der Waals surface area (Å²) in [5.74, 6) is -0.573. The van der Waals surface area contributed by atoms with Crippen molar-refractivity contribution in [1.82, 2.24) is 4.90 Å². The van der Waals surface area contributed by atoms with Crippen molar-refractivity contribution in [3.63, 3.8) is 0 Å². The number of amides is 1. The van der Waals surface area contributed by atoms with E-state index < -0.39 is 30.2 Å². The standard InChI is InChI=1S/C20H20F3NO4/c1-3-27-17-10-4-14(5-11-17)12-24(2)18(25)13-28-19(26)15-6-8-16(9-7-15)20(21,22)23/h4-11H,3,12-13H2,1-2H3. The van der Waals surface area contributed by atoms with Crippen LogP contribution in [0.5, 0.6) is 5.75 Å². The van der Waals surface area contributed by atoms with Crippen LogP contribution in [0.25, 0.3) is 0 Å². The SMILES string of the molecule is CCOc1ccc(CN(C)C(=O)COC(=O)c2ccc(C(F)(F)F)cc2)cc1. The summed E-state index contributed by atoms with van der Waals surface area (Å²) in [6, 6.07) is 10.8. The maximum absolute atomic E-state index is 12.5. The zero-order valence-corrected chi connectivity index (χ0v) is 15.5. The monoisotopic (exact) mass is 395 g/mol. The molecule has 2 aromatic carbocycles. The molecule has 0 bridgehead atoms. The molecule has 0 saturated carbocycles. The van der Waals surface area contributed by atoms with Crippen LogP contribution in [0.4, 0.5) is 13.2 Å². The summed E-state index contributed by atoms with van der Waals surface area (Å²) in [5, 5.41) is 0. The number of esters is 1. The van der Waals surface area contributed by atoms with Crippen molar-refractivity contribution in [1.29, 1.82) is 0 Å². The number of nitrogens with zero attached hydrogens (tertiary/aromatic N) is 1. The van der Waals surface area contributed by atoms with Gasteiger partial charge in [-0.05, 0) is 48.9 Å². The van der Waals surface area contributed by atoms with Gasteiger partial charge < -0.3 is 14.4 Å². The molecule has 1 amide bonds. The normalized spacial score (nSPS) is 11.0. The minimum atomic E-state index is -4.48. The van der Waals surface area contributed by atoms with E-state index in [-0.39, 0.29) is 5.56 Å². The van der Waals surface area contributed by atoms with Crippen molar-refractivity contribution in [2.75, 3.05) is 20.3 Å². The van der Waals surface area contributed by atoms with Crippen molar-refractivity contribution in [2.45, 2.75) is 19.6 Å². The number of halogens is 3. The Bertz CT molecular complexity index is 802. The van der Waals surface area contributed by atoms with Gasteiger partial charge in [-0.3, -0.25) is 4.79 Å². The van der Waals surface area contributed by atoms with E-state index in [0.717, 1.165) is 35.6 Å². The summed E-state index contributed by atoms with van der Waals surface area (Å²) in [5.41, 5.74) is -0.0569. The molecule has 0 heterocycles. The zero-order chi connectivity index (χ0) is 20.7. The number of likely N-dealkylation sites (N-methyl/N-ethyl adjacent to an activating group) is 1. The fourth-order valence-electron chi connectivity index (χ4n) is 2.34. The molecule has 0 unspecified atom stereocenters. The smallest absolute Gasteiger partial charge is 0.416 e. The van der Waals surface area contributed by atoms with E-state index in [9.17, 15) is 22.8 Å². The van der Waals surface area contributed by atoms with Gasteiger partial charge in [0.1, 0.15) is 5.75 Å². The van der Waals surface area contributed by atoms with Gasteiger partial charge in [-0.1, -0.05) is 12.1 Å². The Kier molecular flexibility index (Phi) is 7.03. The molecule has 2 aromatic rings. The van der Waals surface area contributed by atoms with Crippen molar-refractivity contribution < 1.29 is 32.2 Å². The molecule has 0 radical (unpaired) electrons. The Hall–Kier alpha value is -3.03. The molecule has 2 rings (SSSR count). The summed E-state index contributed by atoms with van der Waals surface area (Å²) in [4.78, 5) is 25.4. The van der Waals surface area contributed by atoms with Crippen LogP contribution in [0.1, 0.15) is 28.4 Å². The Balaban J connectivity index is 1.85. The molecule has 0 saturated heterocycles. The number of alkyl halides is 3. The van der Waals surface area contributed by atoms with Gasteiger partial charge in [0.2, 0.25) is 0 Å². The number of rotatable bonds is 7. The number of hydrogen-bond acceptors (Lipinski definition) is 4. The van der Waals surface area contributed by atoms with E-state index in [2.05, 4.69) is 0 Å². The molecule has 0 aliphatic rings. The largest absolute Gasteiger partial charge is 0.494 e. The summed E-state index contributed by atoms with van der Waals surface area (Å²) in [6.07, 6.45) is -4.48. The van der Waals surface area contributed by atoms with Gasteiger partial charge in [-0.15, -0.1) is 0 Å². The lowest BCUT2D eigenvalue weighted by molar-refractivity contribution is -0.137. The lowest BCUT2D eigenvalue weighted by Gasteiger charge is -2.17. The highest BCUT2D eigenvalue weighted by atomic mass is 19.4. The summed E-state index contributed by atoms with van der Waals surface area (Å²) in [6.45, 7) is 2.24. The summed E-state index contributed by atoms with van der Waals surface area (Å²) in [7, 11) is 1.56. The van der Waals surface area contributed by atoms with Gasteiger partial charge >= 0.3 is 12.1 Å². The third kappa shape index (κ3) is 6.00. The van der Waals surface area contributed by atoms with E-state index >= 15 is 0 Å². The number of hydrogen-bond donors (Lipinski definition) is 0. The predicted octanol–water partition coefficient (Wildman–Crippen LogP) is 3.92. The molecule has 0 atom stereocenters. The molecule has 0 N–H and O–H groups in total. The molecule has 8 heteroatoms. The van der Waals surface area contributed by atoms with E-state index in [4.69, 9.17) is 9.47 Å². The van der Waals surface area contributed by atoms with Crippen molar-refractivity contribution in [2.24, 2.45) is 0 Å². The quantitative estimate of drug-likeness (QED) is 0.667. The van der Waals surface area contributed by atoms with Crippen molar-refractivity contribution >= 4 is 11.9 Å². The Labute approximate surface area is 160 Å². The first-order chi connectivity index (χ1) is 13.2. The number of ether oxygens (including phenoxy) is 2. The average Bonchev–Trinajstić information content (AvgIpc) is 2.67. The van der Waals surface area contributed by atoms with Crippen molar-refractivity contribution in [3.8, 4) is 5.75 Å². The van der Waals surface area contributed by atoms with Crippen LogP contribution in [-0.4, -0.2) is 37.0 Å². The van der Waals surface area contributed by atoms with E-state index in [1.54, 1.807) is 19.2 Å². The van der Waals surface area contributed by atoms with Crippen LogP contribution >= 0.6 is 0 Å². The van der Waals surface area contributed by atoms with Crippen LogP contribution in [0.2, 0.25) is 0 Å². The second kappa shape index (κ2) is 9.25. The molecule has 28 heavy (non-hydrogen) atoms. The Morgan fingerprint density at radius 3 is 2.14 bits per heavy atom. The van der Waals surface area contributed by atoms with E-state index in [1.165, 1.54) is 4.90 Å². The predicted molar refractivity (Wildman–Crippen MR) is 95.8 cm³/mol. The van der Waals surface area contributed by atoms with Crippen LogP contribution in [0.3, 0.4) is 0 Å². The highest BCUT2D eigenvalue weighted by molar-refractivity contribution is 5.91. The zero-order valence-electron chi connectivity index (χ0n) is 15.5. The third-order valence-corrected chi connectivity index (χ3v) is 3.85. The molecule has 0 fully saturated rings. The summed E-state index contributed by atoms with van der Waals surface area (Å²) < 4.78 is 47.8. The molecule has 5 nitrogen and oxygen atoms in total. The first kappa shape index (κ1) is 21.3. The summed E-state index contributed by atoms with van der Waals surface area (Å²) >= 11 is 0. The highest BCUT2D eigenvalue weighted by Crippen LogP contribution is 2.29. The Morgan fingerprint density at radius 2 is 1.61 bits per heavy atom. The van der Waals surface area contributed by atoms with Crippen molar-refractivity contribution in [3.05, 3.63) is 65.2 Å². The maximum atomic E-state index is 12.5. The van der Waals surface area contributed by atoms with Gasteiger partial charge in [0.25, 0.3) is 5.91 Å². The first-order valence-corrected chi connectivity index (χ1v) is 8.50. The lowest BCUT2D eigenvalue weighted by Crippen LogP contribution is -2.30. The molecule has 0 aromatic heterocycles. The molecule has 0 aliphatic carbocycles. The molecular weight excluding hydrogens is 375 g/mol. The molecule has 0 aliphatic heterocycles. The fourth-order valence-corrected chi connectivity index (χ4v) is 2.34. The first-order valence-electron chi connectivity index (χ1n) is 8.50. The number of benzene rings is 2. The molecule has 150 valence electrons. The van der Waals surface area contributed by atoms with Gasteiger partial charge in [-0.25, -0.2) is 4.79 Å². The lowest BCUT2D eigenvalue weighted by atomic mass is 10.1. The van der Waals surface area contributed by atoms with E-state index in [0.29, 0.717) is 13.2 Å². The average molecular weight is 395 g/mol. The second-order valence-corrected chi connectivity index (χ2v) is 5.98. The van der Waals surface area contributed by atoms with Crippen LogP contribution in [0.15, 0.2) is 48.5 Å². The number of carbonyl (C=O) groups excluding carboxylic acids is 2. The van der Waals surface area contributed by atoms with Crippen LogP contribution in [0, 0.1) is 0 Å². The van der Waals surface area contributed by atoms with E-state index in [1.807, 2.05) is 19.1 Å². The third-order valence-electron chi connectivity index (χ3n) is 3.85. The molecule has 0 spiro atoms. The topological polar surface area (TPSA) is 55.8 Å². The van der Waals surface area contributed by atoms with Gasteiger partial charge in [0.05, 0.1) is 17.7 Å². The second-order valence-electron chi connectivity index (χ2n) is 5.98. The highest BCUT2D eigenvalue weighted by Gasteiger charge is 2.30. The maximum Gasteiger partial charge on any atom is 0.416 e. The van der Waals surface area contributed by atoms with Crippen LogP contribution < -0.4 is 4.74 Å². The van der Waals surface area contributed by atoms with Gasteiger partial charge in [0, 0.05) is 13.6 Å².